The zero-order valence-corrected chi connectivity index (χ0v) is 18.2. The molecule has 0 aromatic heterocycles. The van der Waals surface area contributed by atoms with Crippen LogP contribution in [0.25, 0.3) is 0 Å². The van der Waals surface area contributed by atoms with Crippen molar-refractivity contribution in [3.63, 3.8) is 0 Å². The van der Waals surface area contributed by atoms with Gasteiger partial charge < -0.3 is 5.32 Å². The SMILES string of the molecule is O=C(N[C@@H](Cc1ccccc1)C(=O)Cc1ccc(S(=O)(=O)Cl)c(F)c1)c1ccc(F)cc1. The van der Waals surface area contributed by atoms with Crippen molar-refractivity contribution < 1.29 is 26.8 Å². The third-order valence-corrected chi connectivity index (χ3v) is 6.08. The number of carbonyl (C=O) groups excluding carboxylic acids is 2. The van der Waals surface area contributed by atoms with Crippen molar-refractivity contribution in [3.8, 4) is 0 Å². The summed E-state index contributed by atoms with van der Waals surface area (Å²) in [6.45, 7) is 0. The number of rotatable bonds is 8. The van der Waals surface area contributed by atoms with Gasteiger partial charge in [0.15, 0.2) is 5.78 Å². The molecule has 0 heterocycles. The van der Waals surface area contributed by atoms with Crippen molar-refractivity contribution in [1.29, 1.82) is 0 Å². The monoisotopic (exact) mass is 477 g/mol. The van der Waals surface area contributed by atoms with Crippen LogP contribution in [0.5, 0.6) is 0 Å². The van der Waals surface area contributed by atoms with Crippen LogP contribution in [0.2, 0.25) is 0 Å². The fourth-order valence-electron chi connectivity index (χ4n) is 3.11. The molecule has 1 atom stereocenters. The Labute approximate surface area is 188 Å². The van der Waals surface area contributed by atoms with Crippen LogP contribution in [-0.2, 0) is 26.7 Å². The lowest BCUT2D eigenvalue weighted by molar-refractivity contribution is -0.120. The highest BCUT2D eigenvalue weighted by Crippen LogP contribution is 2.20. The molecule has 3 rings (SSSR count). The van der Waals surface area contributed by atoms with Crippen molar-refractivity contribution in [2.45, 2.75) is 23.8 Å². The third-order valence-electron chi connectivity index (χ3n) is 4.72. The van der Waals surface area contributed by atoms with Gasteiger partial charge in [0.1, 0.15) is 16.5 Å². The number of carbonyl (C=O) groups is 2. The predicted octanol–water partition coefficient (Wildman–Crippen LogP) is 4.05. The molecule has 3 aromatic rings. The van der Waals surface area contributed by atoms with Gasteiger partial charge >= 0.3 is 0 Å². The van der Waals surface area contributed by atoms with E-state index in [0.717, 1.165) is 29.8 Å². The minimum absolute atomic E-state index is 0.181. The standard InChI is InChI=1S/C23H18ClF2NO4S/c24-32(30,31)22-11-6-16(12-19(22)26)14-21(28)20(13-15-4-2-1-3-5-15)27-23(29)17-7-9-18(25)10-8-17/h1-12,20H,13-14H2,(H,27,29)/t20-/m0/s1. The highest BCUT2D eigenvalue weighted by atomic mass is 35.7. The molecule has 0 unspecified atom stereocenters. The quantitative estimate of drug-likeness (QED) is 0.496. The van der Waals surface area contributed by atoms with E-state index in [1.54, 1.807) is 24.3 Å². The molecule has 0 aliphatic carbocycles. The summed E-state index contributed by atoms with van der Waals surface area (Å²) in [5.74, 6) is -2.54. The Morgan fingerprint density at radius 3 is 2.16 bits per heavy atom. The second-order valence-corrected chi connectivity index (χ2v) is 9.60. The van der Waals surface area contributed by atoms with Crippen LogP contribution in [-0.4, -0.2) is 26.2 Å². The minimum Gasteiger partial charge on any atom is -0.342 e. The Morgan fingerprint density at radius 2 is 1.56 bits per heavy atom. The molecule has 0 fully saturated rings. The third kappa shape index (κ3) is 6.21. The molecule has 0 radical (unpaired) electrons. The average molecular weight is 478 g/mol. The van der Waals surface area contributed by atoms with Crippen LogP contribution < -0.4 is 5.32 Å². The number of ketones is 1. The van der Waals surface area contributed by atoms with Gasteiger partial charge in [-0.25, -0.2) is 17.2 Å². The van der Waals surface area contributed by atoms with Gasteiger partial charge in [0.05, 0.1) is 6.04 Å². The molecule has 0 spiro atoms. The summed E-state index contributed by atoms with van der Waals surface area (Å²) in [5, 5.41) is 2.65. The molecule has 0 bridgehead atoms. The Hall–Kier alpha value is -3.10. The van der Waals surface area contributed by atoms with E-state index in [2.05, 4.69) is 5.32 Å². The first-order valence-electron chi connectivity index (χ1n) is 9.49. The van der Waals surface area contributed by atoms with Gasteiger partial charge in [0, 0.05) is 22.7 Å². The molecule has 3 aromatic carbocycles. The Bertz CT molecular complexity index is 1230. The van der Waals surface area contributed by atoms with Gasteiger partial charge in [-0.15, -0.1) is 0 Å². The first-order chi connectivity index (χ1) is 15.1. The molecule has 1 amide bonds. The van der Waals surface area contributed by atoms with Crippen molar-refractivity contribution in [1.82, 2.24) is 5.32 Å². The van der Waals surface area contributed by atoms with E-state index < -0.39 is 43.3 Å². The van der Waals surface area contributed by atoms with Crippen molar-refractivity contribution in [2.75, 3.05) is 0 Å². The summed E-state index contributed by atoms with van der Waals surface area (Å²) in [7, 11) is 0.925. The molecular weight excluding hydrogens is 460 g/mol. The molecule has 1 N–H and O–H groups in total. The molecule has 9 heteroatoms. The maximum absolute atomic E-state index is 14.1. The van der Waals surface area contributed by atoms with E-state index in [1.165, 1.54) is 18.2 Å². The highest BCUT2D eigenvalue weighted by molar-refractivity contribution is 8.13. The van der Waals surface area contributed by atoms with Crippen LogP contribution in [0.3, 0.4) is 0 Å². The van der Waals surface area contributed by atoms with Crippen LogP contribution >= 0.6 is 10.7 Å². The second-order valence-electron chi connectivity index (χ2n) is 7.07. The van der Waals surface area contributed by atoms with E-state index in [0.29, 0.717) is 0 Å². The number of hydrogen-bond donors (Lipinski definition) is 1. The zero-order valence-electron chi connectivity index (χ0n) is 16.6. The van der Waals surface area contributed by atoms with Crippen molar-refractivity contribution in [2.24, 2.45) is 0 Å². The van der Waals surface area contributed by atoms with Crippen molar-refractivity contribution in [3.05, 3.63) is 101 Å². The van der Waals surface area contributed by atoms with Gasteiger partial charge in [0.2, 0.25) is 0 Å². The topological polar surface area (TPSA) is 80.3 Å². The van der Waals surface area contributed by atoms with Crippen LogP contribution in [0, 0.1) is 11.6 Å². The lowest BCUT2D eigenvalue weighted by Gasteiger charge is -2.18. The maximum Gasteiger partial charge on any atom is 0.264 e. The van der Waals surface area contributed by atoms with Crippen LogP contribution in [0.15, 0.2) is 77.7 Å². The smallest absolute Gasteiger partial charge is 0.264 e. The number of Topliss-reactive ketones (excluding diaryl/α,β-unsaturated/α-hetero) is 1. The van der Waals surface area contributed by atoms with Crippen molar-refractivity contribution >= 4 is 31.4 Å². The highest BCUT2D eigenvalue weighted by Gasteiger charge is 2.23. The van der Waals surface area contributed by atoms with E-state index in [4.69, 9.17) is 10.7 Å². The normalized spacial score (nSPS) is 12.2. The fraction of sp³-hybridized carbons (Fsp3) is 0.130. The number of amides is 1. The average Bonchev–Trinajstić information content (AvgIpc) is 2.73. The largest absolute Gasteiger partial charge is 0.342 e. The Balaban J connectivity index is 1.82. The predicted molar refractivity (Wildman–Crippen MR) is 116 cm³/mol. The lowest BCUT2D eigenvalue weighted by Crippen LogP contribution is -2.43. The van der Waals surface area contributed by atoms with Gasteiger partial charge in [-0.05, 0) is 53.9 Å². The fourth-order valence-corrected chi connectivity index (χ4v) is 4.01. The summed E-state index contributed by atoms with van der Waals surface area (Å²) in [4.78, 5) is 24.9. The minimum atomic E-state index is -4.26. The molecule has 5 nitrogen and oxygen atoms in total. The number of benzene rings is 3. The first kappa shape index (κ1) is 23.6. The molecule has 0 aliphatic heterocycles. The second kappa shape index (κ2) is 10.0. The lowest BCUT2D eigenvalue weighted by atomic mass is 9.97. The maximum atomic E-state index is 14.1. The van der Waals surface area contributed by atoms with Gasteiger partial charge in [-0.1, -0.05) is 36.4 Å². The summed E-state index contributed by atoms with van der Waals surface area (Å²) >= 11 is 0. The van der Waals surface area contributed by atoms with E-state index in [1.807, 2.05) is 6.07 Å². The number of nitrogens with one attached hydrogen (secondary N) is 1. The Kier molecular flexibility index (Phi) is 7.37. The molecule has 166 valence electrons. The summed E-state index contributed by atoms with van der Waals surface area (Å²) in [5.41, 5.74) is 1.20. The number of hydrogen-bond acceptors (Lipinski definition) is 4. The number of halogens is 3. The molecule has 0 saturated heterocycles. The summed E-state index contributed by atoms with van der Waals surface area (Å²) in [6.07, 6.45) is -0.0655. The van der Waals surface area contributed by atoms with Crippen LogP contribution in [0.4, 0.5) is 8.78 Å². The van der Waals surface area contributed by atoms with Gasteiger partial charge in [0.25, 0.3) is 15.0 Å². The summed E-state index contributed by atoms with van der Waals surface area (Å²) < 4.78 is 50.0. The van der Waals surface area contributed by atoms with E-state index >= 15 is 0 Å². The van der Waals surface area contributed by atoms with Gasteiger partial charge in [-0.3, -0.25) is 9.59 Å². The zero-order chi connectivity index (χ0) is 23.3. The summed E-state index contributed by atoms with van der Waals surface area (Å²) in [6, 6.07) is 16.1. The first-order valence-corrected chi connectivity index (χ1v) is 11.8. The molecule has 0 saturated carbocycles. The molecule has 0 aliphatic rings. The van der Waals surface area contributed by atoms with Gasteiger partial charge in [-0.2, -0.15) is 0 Å². The molecular formula is C23H18ClF2NO4S. The Morgan fingerprint density at radius 1 is 0.906 bits per heavy atom. The molecule has 32 heavy (non-hydrogen) atoms. The van der Waals surface area contributed by atoms with E-state index in [-0.39, 0.29) is 24.0 Å². The van der Waals surface area contributed by atoms with E-state index in [9.17, 15) is 26.8 Å². The van der Waals surface area contributed by atoms with Crippen LogP contribution in [0.1, 0.15) is 21.5 Å².